The summed E-state index contributed by atoms with van der Waals surface area (Å²) in [7, 11) is -3.49. The Balaban J connectivity index is 2.76. The molecule has 0 aliphatic rings. The number of nitrogens with two attached hydrogens (primary N) is 1. The van der Waals surface area contributed by atoms with Gasteiger partial charge in [-0.15, -0.1) is 0 Å². The Bertz CT molecular complexity index is 504. The summed E-state index contributed by atoms with van der Waals surface area (Å²) in [6.45, 7) is 8.99. The lowest BCUT2D eigenvalue weighted by Gasteiger charge is -2.27. The van der Waals surface area contributed by atoms with E-state index in [0.29, 0.717) is 18.8 Å². The van der Waals surface area contributed by atoms with E-state index in [1.54, 1.807) is 6.07 Å². The maximum Gasteiger partial charge on any atom is 0.242 e. The summed E-state index contributed by atoms with van der Waals surface area (Å²) in [6.07, 6.45) is 1.34. The smallest absolute Gasteiger partial charge is 0.242 e. The SMILES string of the molecule is CC(CNS(=O)(=O)c1ccc(CN)nc1)C(C)(C)C. The minimum Gasteiger partial charge on any atom is -0.325 e. The highest BCUT2D eigenvalue weighted by Crippen LogP contribution is 2.24. The van der Waals surface area contributed by atoms with E-state index in [4.69, 9.17) is 5.73 Å². The van der Waals surface area contributed by atoms with Gasteiger partial charge in [0.1, 0.15) is 4.90 Å². The van der Waals surface area contributed by atoms with E-state index < -0.39 is 10.0 Å². The second kappa shape index (κ2) is 5.98. The Labute approximate surface area is 115 Å². The van der Waals surface area contributed by atoms with Gasteiger partial charge in [0.25, 0.3) is 0 Å². The van der Waals surface area contributed by atoms with Crippen molar-refractivity contribution in [1.29, 1.82) is 0 Å². The highest BCUT2D eigenvalue weighted by Gasteiger charge is 2.22. The topological polar surface area (TPSA) is 85.1 Å². The summed E-state index contributed by atoms with van der Waals surface area (Å²) in [5, 5.41) is 0. The Morgan fingerprint density at radius 1 is 1.37 bits per heavy atom. The van der Waals surface area contributed by atoms with E-state index in [-0.39, 0.29) is 16.2 Å². The Hall–Kier alpha value is -0.980. The second-order valence-electron chi connectivity index (χ2n) is 5.81. The van der Waals surface area contributed by atoms with Crippen LogP contribution in [0.2, 0.25) is 0 Å². The van der Waals surface area contributed by atoms with Crippen LogP contribution in [0.4, 0.5) is 0 Å². The highest BCUT2D eigenvalue weighted by molar-refractivity contribution is 7.89. The molecule has 0 radical (unpaired) electrons. The quantitative estimate of drug-likeness (QED) is 0.858. The van der Waals surface area contributed by atoms with Crippen molar-refractivity contribution in [1.82, 2.24) is 9.71 Å². The lowest BCUT2D eigenvalue weighted by molar-refractivity contribution is 0.263. The van der Waals surface area contributed by atoms with E-state index in [1.165, 1.54) is 12.3 Å². The molecule has 0 amide bonds. The monoisotopic (exact) mass is 285 g/mol. The van der Waals surface area contributed by atoms with E-state index in [2.05, 4.69) is 30.5 Å². The zero-order chi connectivity index (χ0) is 14.7. The van der Waals surface area contributed by atoms with Crippen molar-refractivity contribution in [2.75, 3.05) is 6.54 Å². The van der Waals surface area contributed by atoms with Crippen LogP contribution >= 0.6 is 0 Å². The third-order valence-corrected chi connectivity index (χ3v) is 4.78. The summed E-state index contributed by atoms with van der Waals surface area (Å²) in [6, 6.07) is 3.15. The van der Waals surface area contributed by atoms with Crippen molar-refractivity contribution < 1.29 is 8.42 Å². The molecule has 1 aromatic heterocycles. The lowest BCUT2D eigenvalue weighted by atomic mass is 9.82. The van der Waals surface area contributed by atoms with Crippen molar-refractivity contribution in [3.8, 4) is 0 Å². The van der Waals surface area contributed by atoms with Gasteiger partial charge in [-0.25, -0.2) is 13.1 Å². The molecule has 19 heavy (non-hydrogen) atoms. The van der Waals surface area contributed by atoms with Gasteiger partial charge >= 0.3 is 0 Å². The maximum atomic E-state index is 12.1. The predicted octanol–water partition coefficient (Wildman–Crippen LogP) is 1.50. The number of sulfonamides is 1. The van der Waals surface area contributed by atoms with Crippen LogP contribution in [-0.2, 0) is 16.6 Å². The largest absolute Gasteiger partial charge is 0.325 e. The van der Waals surface area contributed by atoms with Crippen molar-refractivity contribution in [3.63, 3.8) is 0 Å². The first kappa shape index (κ1) is 16.1. The summed E-state index contributed by atoms with van der Waals surface area (Å²) in [4.78, 5) is 4.17. The molecule has 0 aliphatic carbocycles. The average molecular weight is 285 g/mol. The minimum atomic E-state index is -3.49. The van der Waals surface area contributed by atoms with Gasteiger partial charge in [-0.3, -0.25) is 4.98 Å². The second-order valence-corrected chi connectivity index (χ2v) is 7.58. The fraction of sp³-hybridized carbons (Fsp3) is 0.615. The molecule has 1 atom stereocenters. The van der Waals surface area contributed by atoms with E-state index in [9.17, 15) is 8.42 Å². The molecular weight excluding hydrogens is 262 g/mol. The van der Waals surface area contributed by atoms with E-state index in [0.717, 1.165) is 0 Å². The van der Waals surface area contributed by atoms with Crippen molar-refractivity contribution in [2.24, 2.45) is 17.1 Å². The number of nitrogens with zero attached hydrogens (tertiary/aromatic N) is 1. The summed E-state index contributed by atoms with van der Waals surface area (Å²) >= 11 is 0. The first-order valence-electron chi connectivity index (χ1n) is 6.31. The van der Waals surface area contributed by atoms with Crippen LogP contribution in [0.25, 0.3) is 0 Å². The first-order chi connectivity index (χ1) is 8.66. The lowest BCUT2D eigenvalue weighted by Crippen LogP contribution is -2.33. The molecule has 5 nitrogen and oxygen atoms in total. The molecule has 1 unspecified atom stereocenters. The number of hydrogen-bond donors (Lipinski definition) is 2. The van der Waals surface area contributed by atoms with Gasteiger partial charge in [-0.2, -0.15) is 0 Å². The molecule has 0 aliphatic heterocycles. The highest BCUT2D eigenvalue weighted by atomic mass is 32.2. The molecule has 0 bridgehead atoms. The Morgan fingerprint density at radius 2 is 2.00 bits per heavy atom. The third kappa shape index (κ3) is 4.56. The molecule has 0 saturated carbocycles. The Morgan fingerprint density at radius 3 is 2.42 bits per heavy atom. The third-order valence-electron chi connectivity index (χ3n) is 3.37. The van der Waals surface area contributed by atoms with Crippen LogP contribution in [0.15, 0.2) is 23.2 Å². The zero-order valence-corrected chi connectivity index (χ0v) is 12.8. The van der Waals surface area contributed by atoms with Crippen LogP contribution in [0.3, 0.4) is 0 Å². The normalized spacial score (nSPS) is 14.4. The predicted molar refractivity (Wildman–Crippen MR) is 75.9 cm³/mol. The first-order valence-corrected chi connectivity index (χ1v) is 7.80. The van der Waals surface area contributed by atoms with Gasteiger partial charge in [0.2, 0.25) is 10.0 Å². The number of rotatable bonds is 5. The number of hydrogen-bond acceptors (Lipinski definition) is 4. The number of aromatic nitrogens is 1. The summed E-state index contributed by atoms with van der Waals surface area (Å²) in [5.41, 5.74) is 6.16. The van der Waals surface area contributed by atoms with Crippen LogP contribution in [0.5, 0.6) is 0 Å². The standard InChI is InChI=1S/C13H23N3O2S/c1-10(13(2,3)4)8-16-19(17,18)12-6-5-11(7-14)15-9-12/h5-6,9-10,16H,7-8,14H2,1-4H3. The number of nitrogens with one attached hydrogen (secondary N) is 1. The molecule has 0 fully saturated rings. The van der Waals surface area contributed by atoms with Gasteiger partial charge in [-0.1, -0.05) is 27.7 Å². The maximum absolute atomic E-state index is 12.1. The molecule has 6 heteroatoms. The molecule has 0 aromatic carbocycles. The Kier molecular flexibility index (Phi) is 5.06. The molecule has 1 aromatic rings. The van der Waals surface area contributed by atoms with Crippen molar-refractivity contribution in [2.45, 2.75) is 39.1 Å². The summed E-state index contributed by atoms with van der Waals surface area (Å²) in [5.74, 6) is 0.235. The average Bonchev–Trinajstić information content (AvgIpc) is 2.35. The van der Waals surface area contributed by atoms with Crippen LogP contribution in [0, 0.1) is 11.3 Å². The van der Waals surface area contributed by atoms with E-state index in [1.807, 2.05) is 6.92 Å². The van der Waals surface area contributed by atoms with Gasteiger partial charge in [0.05, 0.1) is 5.69 Å². The molecule has 1 heterocycles. The molecule has 0 spiro atoms. The molecule has 3 N–H and O–H groups in total. The molecular formula is C13H23N3O2S. The van der Waals surface area contributed by atoms with Gasteiger partial charge in [-0.05, 0) is 23.5 Å². The molecule has 108 valence electrons. The van der Waals surface area contributed by atoms with E-state index >= 15 is 0 Å². The fourth-order valence-electron chi connectivity index (χ4n) is 1.31. The number of pyridine rings is 1. The molecule has 0 saturated heterocycles. The van der Waals surface area contributed by atoms with Gasteiger partial charge in [0.15, 0.2) is 0 Å². The van der Waals surface area contributed by atoms with Crippen LogP contribution in [0.1, 0.15) is 33.4 Å². The fourth-order valence-corrected chi connectivity index (χ4v) is 2.39. The minimum absolute atomic E-state index is 0.0597. The van der Waals surface area contributed by atoms with Gasteiger partial charge in [0, 0.05) is 19.3 Å². The van der Waals surface area contributed by atoms with Crippen LogP contribution in [-0.4, -0.2) is 19.9 Å². The zero-order valence-electron chi connectivity index (χ0n) is 12.0. The van der Waals surface area contributed by atoms with Crippen molar-refractivity contribution in [3.05, 3.63) is 24.0 Å². The molecule has 1 rings (SSSR count). The van der Waals surface area contributed by atoms with Crippen LogP contribution < -0.4 is 10.5 Å². The van der Waals surface area contributed by atoms with Gasteiger partial charge < -0.3 is 5.73 Å². The van der Waals surface area contributed by atoms with Crippen molar-refractivity contribution >= 4 is 10.0 Å². The summed E-state index contributed by atoms with van der Waals surface area (Å²) < 4.78 is 26.8.